The molecular formula is C6H15NO4Si. The third kappa shape index (κ3) is 3.81. The molecule has 1 fully saturated rings. The highest BCUT2D eigenvalue weighted by Gasteiger charge is 2.30. The summed E-state index contributed by atoms with van der Waals surface area (Å²) >= 11 is 0. The first kappa shape index (κ1) is 11.6. The molecule has 72 valence electrons. The fourth-order valence-electron chi connectivity index (χ4n) is 0.941. The van der Waals surface area contributed by atoms with Crippen LogP contribution in [-0.4, -0.2) is 49.4 Å². The van der Waals surface area contributed by atoms with Gasteiger partial charge in [-0.05, 0) is 13.0 Å². The van der Waals surface area contributed by atoms with Crippen molar-refractivity contribution in [3.05, 3.63) is 0 Å². The Hall–Kier alpha value is -0.433. The van der Waals surface area contributed by atoms with Crippen molar-refractivity contribution in [3.8, 4) is 0 Å². The van der Waals surface area contributed by atoms with Gasteiger partial charge in [0.05, 0.1) is 6.10 Å². The number of hydrogen-bond acceptors (Lipinski definition) is 4. The van der Waals surface area contributed by atoms with Crippen LogP contribution in [0.5, 0.6) is 0 Å². The molecule has 0 saturated carbocycles. The Morgan fingerprint density at radius 1 is 1.67 bits per heavy atom. The number of aliphatic hydroxyl groups excluding tert-OH is 1. The van der Waals surface area contributed by atoms with Gasteiger partial charge >= 0.3 is 5.97 Å². The average Bonchev–Trinajstić information content (AvgIpc) is 2.36. The van der Waals surface area contributed by atoms with E-state index in [1.54, 1.807) is 0 Å². The molecule has 4 N–H and O–H groups in total. The van der Waals surface area contributed by atoms with Crippen molar-refractivity contribution in [2.24, 2.45) is 0 Å². The molecule has 0 bridgehead atoms. The van der Waals surface area contributed by atoms with Crippen molar-refractivity contribution in [1.82, 2.24) is 5.32 Å². The van der Waals surface area contributed by atoms with Crippen LogP contribution in [0, 0.1) is 0 Å². The van der Waals surface area contributed by atoms with Crippen LogP contribution in [0.3, 0.4) is 0 Å². The van der Waals surface area contributed by atoms with Crippen molar-refractivity contribution in [2.75, 3.05) is 6.54 Å². The average molecular weight is 193 g/mol. The van der Waals surface area contributed by atoms with Crippen LogP contribution in [0.25, 0.3) is 0 Å². The van der Waals surface area contributed by atoms with Gasteiger partial charge in [0.25, 0.3) is 0 Å². The molecule has 5 nitrogen and oxygen atoms in total. The van der Waals surface area contributed by atoms with E-state index in [1.165, 1.54) is 0 Å². The van der Waals surface area contributed by atoms with Crippen molar-refractivity contribution in [2.45, 2.75) is 25.1 Å². The van der Waals surface area contributed by atoms with E-state index >= 15 is 0 Å². The Bertz CT molecular complexity index is 144. The topological polar surface area (TPSA) is 89.8 Å². The molecule has 1 rings (SSSR count). The summed E-state index contributed by atoms with van der Waals surface area (Å²) in [7, 11) is -0.583. The Morgan fingerprint density at radius 3 is 2.33 bits per heavy atom. The number of nitrogens with one attached hydrogen (secondary N) is 1. The van der Waals surface area contributed by atoms with E-state index in [9.17, 15) is 4.79 Å². The van der Waals surface area contributed by atoms with Gasteiger partial charge in [-0.3, -0.25) is 4.79 Å². The van der Waals surface area contributed by atoms with Crippen LogP contribution in [-0.2, 0) is 4.79 Å². The minimum atomic E-state index is -0.972. The van der Waals surface area contributed by atoms with Crippen LogP contribution in [0.4, 0.5) is 0 Å². The molecule has 0 spiro atoms. The van der Waals surface area contributed by atoms with E-state index in [4.69, 9.17) is 15.0 Å². The number of carboxylic acids is 1. The Morgan fingerprint density at radius 2 is 2.17 bits per heavy atom. The minimum Gasteiger partial charge on any atom is -0.480 e. The smallest absolute Gasteiger partial charge is 0.323 e. The van der Waals surface area contributed by atoms with Crippen molar-refractivity contribution in [1.29, 1.82) is 0 Å². The molecule has 0 amide bonds. The summed E-state index contributed by atoms with van der Waals surface area (Å²) in [6.45, 7) is 2.41. The highest BCUT2D eigenvalue weighted by molar-refractivity contribution is 6.22. The maximum Gasteiger partial charge on any atom is 0.323 e. The highest BCUT2D eigenvalue weighted by Crippen LogP contribution is 2.05. The molecule has 1 heterocycles. The van der Waals surface area contributed by atoms with Gasteiger partial charge in [0.1, 0.15) is 6.04 Å². The number of carbonyl (C=O) groups is 1. The summed E-state index contributed by atoms with van der Waals surface area (Å²) in [6, 6.07) is -0.745. The first-order valence-electron chi connectivity index (χ1n) is 3.88. The summed E-state index contributed by atoms with van der Waals surface area (Å²) in [5, 5.41) is 19.9. The van der Waals surface area contributed by atoms with Gasteiger partial charge in [0.15, 0.2) is 9.76 Å². The molecular weight excluding hydrogens is 178 g/mol. The SMILES string of the molecule is C[SiH2]O.O=C(O)[C@H]1NCCC1O. The largest absolute Gasteiger partial charge is 0.480 e. The van der Waals surface area contributed by atoms with Crippen LogP contribution in [0.2, 0.25) is 6.55 Å². The number of aliphatic hydroxyl groups is 1. The maximum absolute atomic E-state index is 10.2. The summed E-state index contributed by atoms with van der Waals surface area (Å²) in [6.07, 6.45) is -0.167. The molecule has 6 heteroatoms. The third-order valence-electron chi connectivity index (χ3n) is 1.46. The van der Waals surface area contributed by atoms with Crippen LogP contribution < -0.4 is 5.32 Å². The Labute approximate surface area is 73.4 Å². The molecule has 0 radical (unpaired) electrons. The summed E-state index contributed by atoms with van der Waals surface area (Å²) in [4.78, 5) is 17.9. The molecule has 12 heavy (non-hydrogen) atoms. The number of rotatable bonds is 1. The molecule has 1 aliphatic heterocycles. The normalized spacial score (nSPS) is 28.6. The lowest BCUT2D eigenvalue weighted by molar-refractivity contribution is -0.141. The molecule has 2 atom stereocenters. The number of hydrogen-bond donors (Lipinski definition) is 4. The summed E-state index contributed by atoms with van der Waals surface area (Å²) < 4.78 is 0. The number of aliphatic carboxylic acids is 1. The van der Waals surface area contributed by atoms with Crippen molar-refractivity contribution >= 4 is 15.7 Å². The lowest BCUT2D eigenvalue weighted by atomic mass is 10.2. The lowest BCUT2D eigenvalue weighted by Crippen LogP contribution is -2.38. The first-order valence-corrected chi connectivity index (χ1v) is 5.93. The molecule has 0 aromatic carbocycles. The predicted octanol–water partition coefficient (Wildman–Crippen LogP) is -2.10. The zero-order valence-electron chi connectivity index (χ0n) is 7.03. The second kappa shape index (κ2) is 6.12. The van der Waals surface area contributed by atoms with E-state index < -0.39 is 27.9 Å². The lowest BCUT2D eigenvalue weighted by Gasteiger charge is -2.06. The predicted molar refractivity (Wildman–Crippen MR) is 46.7 cm³/mol. The van der Waals surface area contributed by atoms with E-state index in [0.29, 0.717) is 13.0 Å². The molecule has 1 saturated heterocycles. The van der Waals surface area contributed by atoms with E-state index in [1.807, 2.05) is 6.55 Å². The second-order valence-electron chi connectivity index (χ2n) is 2.44. The molecule has 0 aromatic heterocycles. The van der Waals surface area contributed by atoms with Gasteiger partial charge in [-0.1, -0.05) is 6.55 Å². The van der Waals surface area contributed by atoms with Crippen molar-refractivity contribution in [3.63, 3.8) is 0 Å². The monoisotopic (exact) mass is 193 g/mol. The third-order valence-corrected chi connectivity index (χ3v) is 1.46. The van der Waals surface area contributed by atoms with E-state index in [2.05, 4.69) is 5.32 Å². The van der Waals surface area contributed by atoms with E-state index in [-0.39, 0.29) is 0 Å². The van der Waals surface area contributed by atoms with Crippen LogP contribution in [0.15, 0.2) is 0 Å². The zero-order chi connectivity index (χ0) is 9.56. The van der Waals surface area contributed by atoms with Gasteiger partial charge in [-0.25, -0.2) is 0 Å². The first-order chi connectivity index (χ1) is 5.63. The highest BCUT2D eigenvalue weighted by atomic mass is 28.2. The van der Waals surface area contributed by atoms with Crippen LogP contribution >= 0.6 is 0 Å². The molecule has 0 aliphatic carbocycles. The number of carboxylic acid groups (broad SMARTS) is 1. The van der Waals surface area contributed by atoms with Gasteiger partial charge < -0.3 is 20.3 Å². The Kier molecular flexibility index (Phi) is 5.90. The van der Waals surface area contributed by atoms with Crippen LogP contribution in [0.1, 0.15) is 6.42 Å². The molecule has 1 aliphatic rings. The quantitative estimate of drug-likeness (QED) is 0.358. The van der Waals surface area contributed by atoms with E-state index in [0.717, 1.165) is 0 Å². The summed E-state index contributed by atoms with van der Waals surface area (Å²) in [5.74, 6) is -0.972. The van der Waals surface area contributed by atoms with Gasteiger partial charge in [-0.15, -0.1) is 0 Å². The Balaban J connectivity index is 0.000000354. The standard InChI is InChI=1S/C5H9NO3.CH6OSi/c7-3-1-2-6-4(3)5(8)9;1-3-2/h3-4,6-7H,1-2H2,(H,8,9);2H,3H2,1H3/t3?,4-;/m0./s1. The fraction of sp³-hybridized carbons (Fsp3) is 0.833. The van der Waals surface area contributed by atoms with Crippen molar-refractivity contribution < 1.29 is 19.8 Å². The second-order valence-corrected chi connectivity index (χ2v) is 3.07. The van der Waals surface area contributed by atoms with Gasteiger partial charge in [-0.2, -0.15) is 0 Å². The molecule has 1 unspecified atom stereocenters. The minimum absolute atomic E-state index is 0.539. The maximum atomic E-state index is 10.2. The zero-order valence-corrected chi connectivity index (χ0v) is 8.44. The summed E-state index contributed by atoms with van der Waals surface area (Å²) in [5.41, 5.74) is 0. The fourth-order valence-corrected chi connectivity index (χ4v) is 0.941. The molecule has 0 aromatic rings. The van der Waals surface area contributed by atoms with Gasteiger partial charge in [0.2, 0.25) is 0 Å². The van der Waals surface area contributed by atoms with Gasteiger partial charge in [0, 0.05) is 0 Å².